The lowest BCUT2D eigenvalue weighted by Gasteiger charge is -2.25. The average Bonchev–Trinajstić information content (AvgIpc) is 3.34. The van der Waals surface area contributed by atoms with Gasteiger partial charge in [-0.25, -0.2) is 9.78 Å². The SMILES string of the molecule is CCC(=NOC)c1csc(C(O[Si](C)(C)C)c2cn(C(=O)OC(C)(C)C)c3ccccc23)n1. The summed E-state index contributed by atoms with van der Waals surface area (Å²) < 4.78 is 13.9. The molecule has 0 radical (unpaired) electrons. The minimum atomic E-state index is -1.98. The molecule has 33 heavy (non-hydrogen) atoms. The summed E-state index contributed by atoms with van der Waals surface area (Å²) in [5.41, 5.74) is 2.62. The zero-order chi connectivity index (χ0) is 24.4. The number of ether oxygens (including phenoxy) is 1. The maximum Gasteiger partial charge on any atom is 0.419 e. The lowest BCUT2D eigenvalue weighted by molar-refractivity contribution is 0.0544. The van der Waals surface area contributed by atoms with Crippen LogP contribution in [0.5, 0.6) is 0 Å². The van der Waals surface area contributed by atoms with Crippen molar-refractivity contribution in [2.75, 3.05) is 7.11 Å². The van der Waals surface area contributed by atoms with Gasteiger partial charge in [0.15, 0.2) is 8.32 Å². The standard InChI is InChI=1S/C24H33N3O4SSi/c1-9-18(26-29-5)19-15-32-22(25-19)21(31-33(6,7)8)17-14-27(23(28)30-24(2,3)4)20-13-11-10-12-16(17)20/h10-15,21H,9H2,1-8H3. The molecule has 0 spiro atoms. The molecule has 0 bridgehead atoms. The van der Waals surface area contributed by atoms with E-state index in [1.165, 1.54) is 18.4 Å². The highest BCUT2D eigenvalue weighted by Gasteiger charge is 2.31. The molecule has 0 saturated carbocycles. The molecule has 3 rings (SSSR count). The first kappa shape index (κ1) is 25.1. The summed E-state index contributed by atoms with van der Waals surface area (Å²) in [5.74, 6) is 0. The maximum absolute atomic E-state index is 13.0. The predicted octanol–water partition coefficient (Wildman–Crippen LogP) is 6.58. The number of nitrogens with zero attached hydrogens (tertiary/aromatic N) is 3. The lowest BCUT2D eigenvalue weighted by atomic mass is 10.1. The van der Waals surface area contributed by atoms with Crippen LogP contribution in [-0.2, 0) is 14.0 Å². The number of oxime groups is 1. The molecule has 0 saturated heterocycles. The van der Waals surface area contributed by atoms with Gasteiger partial charge < -0.3 is 14.0 Å². The highest BCUT2D eigenvalue weighted by molar-refractivity contribution is 7.10. The number of benzene rings is 1. The summed E-state index contributed by atoms with van der Waals surface area (Å²) in [6, 6.07) is 7.80. The minimum Gasteiger partial charge on any atom is -0.443 e. The van der Waals surface area contributed by atoms with Gasteiger partial charge in [0.1, 0.15) is 29.5 Å². The molecule has 1 aromatic carbocycles. The van der Waals surface area contributed by atoms with E-state index in [4.69, 9.17) is 19.0 Å². The van der Waals surface area contributed by atoms with E-state index in [0.717, 1.165) is 32.9 Å². The van der Waals surface area contributed by atoms with Gasteiger partial charge in [-0.2, -0.15) is 0 Å². The van der Waals surface area contributed by atoms with Crippen molar-refractivity contribution in [1.29, 1.82) is 0 Å². The van der Waals surface area contributed by atoms with E-state index in [1.807, 2.05) is 63.5 Å². The fourth-order valence-corrected chi connectivity index (χ4v) is 5.32. The van der Waals surface area contributed by atoms with Crippen LogP contribution in [0, 0.1) is 0 Å². The van der Waals surface area contributed by atoms with E-state index >= 15 is 0 Å². The molecule has 178 valence electrons. The number of carbonyl (C=O) groups is 1. The molecule has 3 aromatic rings. The third-order valence-electron chi connectivity index (χ3n) is 4.67. The molecule has 2 heterocycles. The number of hydrogen-bond donors (Lipinski definition) is 0. The van der Waals surface area contributed by atoms with Crippen molar-refractivity contribution in [3.05, 3.63) is 52.1 Å². The Hall–Kier alpha value is -2.49. The van der Waals surface area contributed by atoms with Crippen LogP contribution in [0.3, 0.4) is 0 Å². The minimum absolute atomic E-state index is 0.412. The number of hydrogen-bond acceptors (Lipinski definition) is 7. The molecule has 1 atom stereocenters. The maximum atomic E-state index is 13.0. The summed E-state index contributed by atoms with van der Waals surface area (Å²) in [5, 5.41) is 7.84. The summed E-state index contributed by atoms with van der Waals surface area (Å²) in [7, 11) is -0.451. The van der Waals surface area contributed by atoms with E-state index in [9.17, 15) is 4.79 Å². The Bertz CT molecular complexity index is 1150. The summed E-state index contributed by atoms with van der Waals surface area (Å²) in [6.45, 7) is 14.0. The highest BCUT2D eigenvalue weighted by atomic mass is 32.1. The smallest absolute Gasteiger partial charge is 0.419 e. The van der Waals surface area contributed by atoms with E-state index in [-0.39, 0.29) is 0 Å². The molecular weight excluding hydrogens is 454 g/mol. The molecule has 0 N–H and O–H groups in total. The largest absolute Gasteiger partial charge is 0.443 e. The first-order chi connectivity index (χ1) is 15.4. The third-order valence-corrected chi connectivity index (χ3v) is 6.50. The van der Waals surface area contributed by atoms with E-state index in [0.29, 0.717) is 6.42 Å². The molecule has 2 aromatic heterocycles. The van der Waals surface area contributed by atoms with Gasteiger partial charge in [0.25, 0.3) is 0 Å². The number of carbonyl (C=O) groups excluding carboxylic acids is 1. The van der Waals surface area contributed by atoms with Gasteiger partial charge in [0, 0.05) is 22.5 Å². The predicted molar refractivity (Wildman–Crippen MR) is 136 cm³/mol. The Morgan fingerprint density at radius 3 is 2.55 bits per heavy atom. The molecule has 7 nitrogen and oxygen atoms in total. The summed E-state index contributed by atoms with van der Waals surface area (Å²) in [6.07, 6.45) is 1.70. The Kier molecular flexibility index (Phi) is 7.45. The van der Waals surface area contributed by atoms with Gasteiger partial charge >= 0.3 is 6.09 Å². The second-order valence-corrected chi connectivity index (χ2v) is 15.1. The fourth-order valence-electron chi connectivity index (χ4n) is 3.42. The topological polar surface area (TPSA) is 74.9 Å². The van der Waals surface area contributed by atoms with Crippen LogP contribution in [0.25, 0.3) is 10.9 Å². The first-order valence-corrected chi connectivity index (χ1v) is 15.3. The van der Waals surface area contributed by atoms with Crippen molar-refractivity contribution in [2.24, 2.45) is 5.16 Å². The van der Waals surface area contributed by atoms with E-state index in [2.05, 4.69) is 24.8 Å². The zero-order valence-corrected chi connectivity index (χ0v) is 22.4. The third kappa shape index (κ3) is 6.10. The number of thiazole rings is 1. The van der Waals surface area contributed by atoms with Gasteiger partial charge in [-0.1, -0.05) is 30.3 Å². The van der Waals surface area contributed by atoms with Crippen LogP contribution >= 0.6 is 11.3 Å². The fraction of sp³-hybridized carbons (Fsp3) is 0.458. The van der Waals surface area contributed by atoms with Crippen molar-refractivity contribution >= 4 is 42.4 Å². The molecule has 0 aliphatic rings. The van der Waals surface area contributed by atoms with Crippen LogP contribution < -0.4 is 0 Å². The van der Waals surface area contributed by atoms with Crippen LogP contribution in [0.2, 0.25) is 19.6 Å². The molecular formula is C24H33N3O4SSi. The molecule has 0 amide bonds. The Morgan fingerprint density at radius 2 is 1.94 bits per heavy atom. The Balaban J connectivity index is 2.15. The average molecular weight is 488 g/mol. The summed E-state index contributed by atoms with van der Waals surface area (Å²) in [4.78, 5) is 22.8. The van der Waals surface area contributed by atoms with E-state index < -0.39 is 26.1 Å². The van der Waals surface area contributed by atoms with Crippen molar-refractivity contribution < 1.29 is 18.8 Å². The Morgan fingerprint density at radius 1 is 1.24 bits per heavy atom. The quantitative estimate of drug-likeness (QED) is 0.214. The van der Waals surface area contributed by atoms with Gasteiger partial charge in [0.2, 0.25) is 0 Å². The van der Waals surface area contributed by atoms with Crippen molar-refractivity contribution in [2.45, 2.75) is 65.5 Å². The van der Waals surface area contributed by atoms with Crippen LogP contribution in [0.15, 0.2) is 41.0 Å². The zero-order valence-electron chi connectivity index (χ0n) is 20.6. The van der Waals surface area contributed by atoms with Crippen molar-refractivity contribution in [3.8, 4) is 0 Å². The number of fused-ring (bicyclic) bond motifs is 1. The number of rotatable bonds is 7. The Labute approximate surface area is 200 Å². The van der Waals surface area contributed by atoms with Gasteiger partial charge in [-0.05, 0) is 52.9 Å². The monoisotopic (exact) mass is 487 g/mol. The normalized spacial score (nSPS) is 13.9. The number of aromatic nitrogens is 2. The molecule has 9 heteroatoms. The van der Waals surface area contributed by atoms with Gasteiger partial charge in [0.05, 0.1) is 11.2 Å². The molecule has 1 unspecified atom stereocenters. The number of para-hydroxylation sites is 1. The summed E-state index contributed by atoms with van der Waals surface area (Å²) >= 11 is 1.52. The lowest BCUT2D eigenvalue weighted by Crippen LogP contribution is -2.28. The highest BCUT2D eigenvalue weighted by Crippen LogP contribution is 2.37. The van der Waals surface area contributed by atoms with Gasteiger partial charge in [-0.3, -0.25) is 4.57 Å². The second-order valence-electron chi connectivity index (χ2n) is 9.71. The van der Waals surface area contributed by atoms with Crippen molar-refractivity contribution in [3.63, 3.8) is 0 Å². The van der Waals surface area contributed by atoms with Crippen LogP contribution in [0.4, 0.5) is 4.79 Å². The van der Waals surface area contributed by atoms with Crippen LogP contribution in [-0.4, -0.2) is 42.4 Å². The molecule has 0 aliphatic carbocycles. The second kappa shape index (κ2) is 9.78. The molecule has 0 fully saturated rings. The van der Waals surface area contributed by atoms with Crippen molar-refractivity contribution in [1.82, 2.24) is 9.55 Å². The van der Waals surface area contributed by atoms with E-state index in [1.54, 1.807) is 4.57 Å². The first-order valence-electron chi connectivity index (χ1n) is 11.0. The van der Waals surface area contributed by atoms with Gasteiger partial charge in [-0.15, -0.1) is 11.3 Å². The van der Waals surface area contributed by atoms with Crippen LogP contribution in [0.1, 0.15) is 56.5 Å². The molecule has 0 aliphatic heterocycles.